The summed E-state index contributed by atoms with van der Waals surface area (Å²) in [7, 11) is 0. The third-order valence-electron chi connectivity index (χ3n) is 3.98. The molecule has 0 aromatic heterocycles. The minimum Gasteiger partial charge on any atom is -0.492 e. The molecule has 1 saturated carbocycles. The summed E-state index contributed by atoms with van der Waals surface area (Å²) < 4.78 is 5.66. The van der Waals surface area contributed by atoms with Crippen LogP contribution in [0.3, 0.4) is 0 Å². The Morgan fingerprint density at radius 3 is 2.72 bits per heavy atom. The van der Waals surface area contributed by atoms with Gasteiger partial charge >= 0.3 is 0 Å². The van der Waals surface area contributed by atoms with Gasteiger partial charge < -0.3 is 10.1 Å². The maximum absolute atomic E-state index is 6.18. The maximum Gasteiger partial charge on any atom is 0.142 e. The quantitative estimate of drug-likeness (QED) is 0.879. The fourth-order valence-corrected chi connectivity index (χ4v) is 3.16. The first kappa shape index (κ1) is 12.6. The lowest BCUT2D eigenvalue weighted by Crippen LogP contribution is -2.30. The Morgan fingerprint density at radius 1 is 1.33 bits per heavy atom. The van der Waals surface area contributed by atoms with E-state index in [4.69, 9.17) is 27.9 Å². The maximum atomic E-state index is 6.18. The van der Waals surface area contributed by atoms with Crippen LogP contribution < -0.4 is 10.1 Å². The normalized spacial score (nSPS) is 28.4. The Morgan fingerprint density at radius 2 is 2.06 bits per heavy atom. The van der Waals surface area contributed by atoms with Gasteiger partial charge in [-0.1, -0.05) is 37.0 Å². The predicted octanol–water partition coefficient (Wildman–Crippen LogP) is 4.21. The van der Waals surface area contributed by atoms with Gasteiger partial charge in [0, 0.05) is 29.1 Å². The number of halogens is 2. The highest BCUT2D eigenvalue weighted by Gasteiger charge is 2.46. The molecule has 0 radical (unpaired) electrons. The average molecular weight is 286 g/mol. The van der Waals surface area contributed by atoms with Gasteiger partial charge in [0.1, 0.15) is 5.75 Å². The van der Waals surface area contributed by atoms with E-state index >= 15 is 0 Å². The van der Waals surface area contributed by atoms with E-state index in [0.29, 0.717) is 34.2 Å². The zero-order valence-corrected chi connectivity index (χ0v) is 12.1. The number of nitrogens with one attached hydrogen (secondary N) is 1. The number of hydrogen-bond donors (Lipinski definition) is 1. The molecule has 1 aliphatic carbocycles. The van der Waals surface area contributed by atoms with Crippen LogP contribution in [-0.4, -0.2) is 12.6 Å². The summed E-state index contributed by atoms with van der Waals surface area (Å²) in [5, 5.41) is 4.98. The molecule has 0 saturated heterocycles. The highest BCUT2D eigenvalue weighted by atomic mass is 35.5. The topological polar surface area (TPSA) is 21.3 Å². The number of fused-ring (bicyclic) bond motifs is 1. The Labute approximate surface area is 118 Å². The van der Waals surface area contributed by atoms with Crippen LogP contribution >= 0.6 is 23.2 Å². The van der Waals surface area contributed by atoms with Gasteiger partial charge in [-0.05, 0) is 24.0 Å². The van der Waals surface area contributed by atoms with Crippen LogP contribution in [0.15, 0.2) is 12.1 Å². The van der Waals surface area contributed by atoms with Crippen LogP contribution in [0, 0.1) is 5.41 Å². The lowest BCUT2D eigenvalue weighted by molar-refractivity contribution is 0.249. The molecule has 1 heterocycles. The molecule has 2 unspecified atom stereocenters. The Kier molecular flexibility index (Phi) is 3.00. The summed E-state index contributed by atoms with van der Waals surface area (Å²) in [6.07, 6.45) is 2.20. The second-order valence-electron chi connectivity index (χ2n) is 5.91. The van der Waals surface area contributed by atoms with Crippen molar-refractivity contribution in [2.45, 2.75) is 38.8 Å². The van der Waals surface area contributed by atoms with Crippen LogP contribution in [0.4, 0.5) is 0 Å². The fraction of sp³-hybridized carbons (Fsp3) is 0.571. The highest BCUT2D eigenvalue weighted by molar-refractivity contribution is 6.35. The zero-order chi connectivity index (χ0) is 12.9. The van der Waals surface area contributed by atoms with E-state index < -0.39 is 0 Å². The van der Waals surface area contributed by atoms with Gasteiger partial charge in [0.15, 0.2) is 0 Å². The second-order valence-corrected chi connectivity index (χ2v) is 6.75. The molecule has 2 aliphatic rings. The van der Waals surface area contributed by atoms with E-state index in [9.17, 15) is 0 Å². The highest BCUT2D eigenvalue weighted by Crippen LogP contribution is 2.48. The lowest BCUT2D eigenvalue weighted by atomic mass is 10.00. The van der Waals surface area contributed by atoms with Crippen molar-refractivity contribution in [3.05, 3.63) is 27.7 Å². The van der Waals surface area contributed by atoms with Crippen LogP contribution in [0.25, 0.3) is 0 Å². The van der Waals surface area contributed by atoms with E-state index in [0.717, 1.165) is 17.7 Å². The van der Waals surface area contributed by atoms with Crippen molar-refractivity contribution >= 4 is 23.2 Å². The minimum atomic E-state index is 0.303. The van der Waals surface area contributed by atoms with Gasteiger partial charge in [-0.3, -0.25) is 0 Å². The number of rotatable bonds is 2. The number of hydrogen-bond acceptors (Lipinski definition) is 2. The molecule has 18 heavy (non-hydrogen) atoms. The molecule has 0 bridgehead atoms. The molecule has 1 N–H and O–H groups in total. The molecule has 4 heteroatoms. The lowest BCUT2D eigenvalue weighted by Gasteiger charge is -2.28. The van der Waals surface area contributed by atoms with Gasteiger partial charge in [-0.25, -0.2) is 0 Å². The van der Waals surface area contributed by atoms with Crippen LogP contribution in [-0.2, 0) is 0 Å². The van der Waals surface area contributed by atoms with E-state index in [1.807, 2.05) is 6.07 Å². The summed E-state index contributed by atoms with van der Waals surface area (Å²) >= 11 is 12.3. The Balaban J connectivity index is 1.87. The van der Waals surface area contributed by atoms with Crippen LogP contribution in [0.5, 0.6) is 5.75 Å². The summed E-state index contributed by atoms with van der Waals surface area (Å²) in [5.41, 5.74) is 1.52. The van der Waals surface area contributed by atoms with Crippen LogP contribution in [0.2, 0.25) is 10.0 Å². The van der Waals surface area contributed by atoms with Crippen molar-refractivity contribution in [3.63, 3.8) is 0 Å². The number of benzene rings is 1. The van der Waals surface area contributed by atoms with Crippen molar-refractivity contribution in [2.24, 2.45) is 5.41 Å². The second kappa shape index (κ2) is 4.29. The molecule has 1 aromatic carbocycles. The van der Waals surface area contributed by atoms with Crippen LogP contribution in [0.1, 0.15) is 38.3 Å². The van der Waals surface area contributed by atoms with E-state index in [1.165, 1.54) is 6.42 Å². The molecular formula is C14H17Cl2NO. The molecule has 0 spiro atoms. The first-order chi connectivity index (χ1) is 8.47. The smallest absolute Gasteiger partial charge is 0.142 e. The van der Waals surface area contributed by atoms with Gasteiger partial charge in [-0.15, -0.1) is 0 Å². The molecule has 1 fully saturated rings. The summed E-state index contributed by atoms with van der Waals surface area (Å²) in [6, 6.07) is 4.60. The van der Waals surface area contributed by atoms with Crippen molar-refractivity contribution in [1.82, 2.24) is 5.32 Å². The van der Waals surface area contributed by atoms with E-state index in [-0.39, 0.29) is 0 Å². The van der Waals surface area contributed by atoms with Crippen molar-refractivity contribution in [3.8, 4) is 5.75 Å². The molecule has 3 rings (SSSR count). The van der Waals surface area contributed by atoms with Crippen molar-refractivity contribution < 1.29 is 4.74 Å². The SMILES string of the molecule is CC1(C)CC1NC1CCOc2c(Cl)cc(Cl)cc21. The third-order valence-corrected chi connectivity index (χ3v) is 4.48. The Bertz CT molecular complexity index is 487. The fourth-order valence-electron chi connectivity index (χ4n) is 2.59. The van der Waals surface area contributed by atoms with Gasteiger partial charge in [0.05, 0.1) is 11.6 Å². The van der Waals surface area contributed by atoms with E-state index in [1.54, 1.807) is 6.07 Å². The Hall–Kier alpha value is -0.440. The molecule has 2 atom stereocenters. The largest absolute Gasteiger partial charge is 0.492 e. The minimum absolute atomic E-state index is 0.303. The molecular weight excluding hydrogens is 269 g/mol. The first-order valence-electron chi connectivity index (χ1n) is 6.35. The molecule has 98 valence electrons. The first-order valence-corrected chi connectivity index (χ1v) is 7.11. The standard InChI is InChI=1S/C14H17Cl2NO/c1-14(2)7-12(14)17-11-3-4-18-13-9(11)5-8(15)6-10(13)16/h5-6,11-12,17H,3-4,7H2,1-2H3. The molecule has 0 amide bonds. The summed E-state index contributed by atoms with van der Waals surface area (Å²) in [4.78, 5) is 0. The van der Waals surface area contributed by atoms with Crippen molar-refractivity contribution in [2.75, 3.05) is 6.61 Å². The zero-order valence-electron chi connectivity index (χ0n) is 10.6. The van der Waals surface area contributed by atoms with E-state index in [2.05, 4.69) is 19.2 Å². The molecule has 1 aromatic rings. The molecule has 2 nitrogen and oxygen atoms in total. The average Bonchev–Trinajstić information content (AvgIpc) is 2.87. The van der Waals surface area contributed by atoms with Gasteiger partial charge in [-0.2, -0.15) is 0 Å². The van der Waals surface area contributed by atoms with Gasteiger partial charge in [0.25, 0.3) is 0 Å². The summed E-state index contributed by atoms with van der Waals surface area (Å²) in [6.45, 7) is 5.28. The molecule has 1 aliphatic heterocycles. The predicted molar refractivity (Wildman–Crippen MR) is 74.6 cm³/mol. The summed E-state index contributed by atoms with van der Waals surface area (Å²) in [5.74, 6) is 0.795. The van der Waals surface area contributed by atoms with Gasteiger partial charge in [0.2, 0.25) is 0 Å². The number of ether oxygens (including phenoxy) is 1. The van der Waals surface area contributed by atoms with Crippen molar-refractivity contribution in [1.29, 1.82) is 0 Å². The monoisotopic (exact) mass is 285 g/mol. The third kappa shape index (κ3) is 2.22.